The molecule has 0 atom stereocenters. The molecule has 1 aromatic carbocycles. The Balaban J connectivity index is 2.15. The molecule has 0 aliphatic rings. The van der Waals surface area contributed by atoms with E-state index in [1.807, 2.05) is 13.8 Å². The van der Waals surface area contributed by atoms with E-state index < -0.39 is 11.7 Å². The summed E-state index contributed by atoms with van der Waals surface area (Å²) in [7, 11) is 0. The van der Waals surface area contributed by atoms with Crippen LogP contribution >= 0.6 is 27.3 Å². The number of aromatic nitrogens is 1. The molecule has 20 heavy (non-hydrogen) atoms. The lowest BCUT2D eigenvalue weighted by atomic mass is 10.2. The van der Waals surface area contributed by atoms with Crippen molar-refractivity contribution < 1.29 is 13.2 Å². The van der Waals surface area contributed by atoms with Gasteiger partial charge in [0.1, 0.15) is 5.01 Å². The van der Waals surface area contributed by atoms with Gasteiger partial charge in [0.15, 0.2) is 0 Å². The maximum absolute atomic E-state index is 12.7. The molecule has 0 fully saturated rings. The van der Waals surface area contributed by atoms with Gasteiger partial charge >= 0.3 is 6.18 Å². The third-order valence-corrected chi connectivity index (χ3v) is 4.27. The molecule has 1 N–H and O–H groups in total. The van der Waals surface area contributed by atoms with Crippen molar-refractivity contribution in [1.29, 1.82) is 0 Å². The van der Waals surface area contributed by atoms with Gasteiger partial charge in [0, 0.05) is 15.0 Å². The maximum atomic E-state index is 12.7. The van der Waals surface area contributed by atoms with Gasteiger partial charge in [0.25, 0.3) is 0 Å². The summed E-state index contributed by atoms with van der Waals surface area (Å²) in [5.41, 5.74) is 0.690. The second kappa shape index (κ2) is 5.73. The van der Waals surface area contributed by atoms with Crippen LogP contribution in [0.4, 0.5) is 18.9 Å². The minimum absolute atomic E-state index is 0.390. The molecule has 0 amide bonds. The molecule has 0 aliphatic heterocycles. The van der Waals surface area contributed by atoms with Crippen LogP contribution in [0.5, 0.6) is 0 Å². The fourth-order valence-corrected chi connectivity index (χ4v) is 3.01. The van der Waals surface area contributed by atoms with Crippen LogP contribution in [0.2, 0.25) is 0 Å². The lowest BCUT2D eigenvalue weighted by Gasteiger charge is -2.11. The van der Waals surface area contributed by atoms with Crippen LogP contribution in [-0.2, 0) is 12.7 Å². The van der Waals surface area contributed by atoms with Gasteiger partial charge < -0.3 is 5.32 Å². The fraction of sp³-hybridized carbons (Fsp3) is 0.308. The number of rotatable bonds is 3. The summed E-state index contributed by atoms with van der Waals surface area (Å²) in [6.07, 6.45) is -4.35. The molecule has 2 aromatic rings. The zero-order valence-electron chi connectivity index (χ0n) is 10.8. The second-order valence-corrected chi connectivity index (χ2v) is 6.53. The number of hydrogen-bond acceptors (Lipinski definition) is 3. The van der Waals surface area contributed by atoms with Gasteiger partial charge in [-0.1, -0.05) is 15.9 Å². The van der Waals surface area contributed by atoms with E-state index in [2.05, 4.69) is 26.2 Å². The highest BCUT2D eigenvalue weighted by molar-refractivity contribution is 9.10. The van der Waals surface area contributed by atoms with E-state index in [-0.39, 0.29) is 0 Å². The first-order valence-electron chi connectivity index (χ1n) is 5.80. The molecule has 2 nitrogen and oxygen atoms in total. The molecule has 0 radical (unpaired) electrons. The van der Waals surface area contributed by atoms with Gasteiger partial charge in [0.05, 0.1) is 17.8 Å². The topological polar surface area (TPSA) is 24.9 Å². The predicted molar refractivity (Wildman–Crippen MR) is 78.1 cm³/mol. The summed E-state index contributed by atoms with van der Waals surface area (Å²) in [5, 5.41) is 3.83. The van der Waals surface area contributed by atoms with Crippen molar-refractivity contribution in [3.05, 3.63) is 43.8 Å². The number of aryl methyl sites for hydroxylation is 2. The summed E-state index contributed by atoms with van der Waals surface area (Å²) in [6, 6.07) is 3.77. The lowest BCUT2D eigenvalue weighted by Crippen LogP contribution is -2.06. The van der Waals surface area contributed by atoms with Gasteiger partial charge in [-0.25, -0.2) is 4.98 Å². The Morgan fingerprint density at radius 2 is 1.95 bits per heavy atom. The van der Waals surface area contributed by atoms with E-state index in [1.165, 1.54) is 11.3 Å². The minimum Gasteiger partial charge on any atom is -0.378 e. The molecule has 108 valence electrons. The second-order valence-electron chi connectivity index (χ2n) is 4.33. The molecule has 1 heterocycles. The molecule has 7 heteroatoms. The highest BCUT2D eigenvalue weighted by Gasteiger charge is 2.31. The average Bonchev–Trinajstić information content (AvgIpc) is 2.65. The van der Waals surface area contributed by atoms with Crippen molar-refractivity contribution in [1.82, 2.24) is 4.98 Å². The number of anilines is 1. The zero-order valence-corrected chi connectivity index (χ0v) is 13.2. The van der Waals surface area contributed by atoms with E-state index >= 15 is 0 Å². The Bertz CT molecular complexity index is 603. The summed E-state index contributed by atoms with van der Waals surface area (Å²) >= 11 is 4.63. The molecule has 2 rings (SSSR count). The van der Waals surface area contributed by atoms with E-state index in [0.717, 1.165) is 27.7 Å². The zero-order chi connectivity index (χ0) is 14.9. The standard InChI is InChI=1S/C13H12BrF3N2S/c1-7-8(2)20-12(19-7)6-18-11-4-9(13(15,16)17)3-10(14)5-11/h3-5,18H,6H2,1-2H3. The number of benzene rings is 1. The number of alkyl halides is 3. The largest absolute Gasteiger partial charge is 0.416 e. The molecule has 0 saturated heterocycles. The van der Waals surface area contributed by atoms with Gasteiger partial charge in [-0.15, -0.1) is 11.3 Å². The van der Waals surface area contributed by atoms with Crippen LogP contribution in [-0.4, -0.2) is 4.98 Å². The molecule has 0 unspecified atom stereocenters. The Hall–Kier alpha value is -1.08. The predicted octanol–water partition coefficient (Wildman–Crippen LogP) is 5.15. The average molecular weight is 365 g/mol. The number of nitrogens with zero attached hydrogens (tertiary/aromatic N) is 1. The van der Waals surface area contributed by atoms with E-state index in [0.29, 0.717) is 16.7 Å². The first-order chi connectivity index (χ1) is 9.25. The SMILES string of the molecule is Cc1nc(CNc2cc(Br)cc(C(F)(F)F)c2)sc1C. The van der Waals surface area contributed by atoms with Gasteiger partial charge in [0.2, 0.25) is 0 Å². The Morgan fingerprint density at radius 3 is 2.50 bits per heavy atom. The molecule has 0 spiro atoms. The summed E-state index contributed by atoms with van der Waals surface area (Å²) in [6.45, 7) is 4.29. The normalized spacial score (nSPS) is 11.7. The highest BCUT2D eigenvalue weighted by Crippen LogP contribution is 2.33. The molecular weight excluding hydrogens is 353 g/mol. The van der Waals surface area contributed by atoms with E-state index in [4.69, 9.17) is 0 Å². The third kappa shape index (κ3) is 3.73. The highest BCUT2D eigenvalue weighted by atomic mass is 79.9. The van der Waals surface area contributed by atoms with Crippen LogP contribution < -0.4 is 5.32 Å². The van der Waals surface area contributed by atoms with Crippen LogP contribution in [0.15, 0.2) is 22.7 Å². The first kappa shape index (κ1) is 15.3. The van der Waals surface area contributed by atoms with Crippen molar-refractivity contribution in [2.24, 2.45) is 0 Å². The van der Waals surface area contributed by atoms with Crippen molar-refractivity contribution in [2.45, 2.75) is 26.6 Å². The number of nitrogens with one attached hydrogen (secondary N) is 1. The van der Waals surface area contributed by atoms with Crippen molar-refractivity contribution >= 4 is 33.0 Å². The minimum atomic E-state index is -4.35. The monoisotopic (exact) mass is 364 g/mol. The molecular formula is C13H12BrF3N2S. The van der Waals surface area contributed by atoms with Crippen LogP contribution in [0.3, 0.4) is 0 Å². The Morgan fingerprint density at radius 1 is 1.25 bits per heavy atom. The number of thiazole rings is 1. The van der Waals surface area contributed by atoms with Crippen LogP contribution in [0, 0.1) is 13.8 Å². The number of hydrogen-bond donors (Lipinski definition) is 1. The van der Waals surface area contributed by atoms with Crippen LogP contribution in [0.1, 0.15) is 21.1 Å². The first-order valence-corrected chi connectivity index (χ1v) is 7.41. The smallest absolute Gasteiger partial charge is 0.378 e. The van der Waals surface area contributed by atoms with Crippen molar-refractivity contribution in [3.8, 4) is 0 Å². The molecule has 0 aliphatic carbocycles. The van der Waals surface area contributed by atoms with Gasteiger partial charge in [-0.3, -0.25) is 0 Å². The Kier molecular flexibility index (Phi) is 4.39. The van der Waals surface area contributed by atoms with Gasteiger partial charge in [-0.05, 0) is 32.0 Å². The number of halogens is 4. The van der Waals surface area contributed by atoms with Crippen molar-refractivity contribution in [2.75, 3.05) is 5.32 Å². The maximum Gasteiger partial charge on any atom is 0.416 e. The Labute approximate surface area is 127 Å². The van der Waals surface area contributed by atoms with E-state index in [1.54, 1.807) is 6.07 Å². The van der Waals surface area contributed by atoms with Gasteiger partial charge in [-0.2, -0.15) is 13.2 Å². The fourth-order valence-electron chi connectivity index (χ4n) is 1.65. The quantitative estimate of drug-likeness (QED) is 0.814. The van der Waals surface area contributed by atoms with Crippen molar-refractivity contribution in [3.63, 3.8) is 0 Å². The summed E-state index contributed by atoms with van der Waals surface area (Å²) < 4.78 is 38.5. The van der Waals surface area contributed by atoms with Crippen LogP contribution in [0.25, 0.3) is 0 Å². The molecule has 1 aromatic heterocycles. The molecule has 0 bridgehead atoms. The molecule has 0 saturated carbocycles. The lowest BCUT2D eigenvalue weighted by molar-refractivity contribution is -0.137. The summed E-state index contributed by atoms with van der Waals surface area (Å²) in [4.78, 5) is 5.46. The summed E-state index contributed by atoms with van der Waals surface area (Å²) in [5.74, 6) is 0. The van der Waals surface area contributed by atoms with E-state index in [9.17, 15) is 13.2 Å². The third-order valence-electron chi connectivity index (χ3n) is 2.74.